The molecular weight excluding hydrogens is 432 g/mol. The van der Waals surface area contributed by atoms with Crippen LogP contribution in [-0.4, -0.2) is 77.1 Å². The normalized spacial score (nSPS) is 17.6. The molecule has 0 aromatic heterocycles. The molecule has 0 bridgehead atoms. The number of likely N-dealkylation sites (tertiary alicyclic amines) is 1. The summed E-state index contributed by atoms with van der Waals surface area (Å²) in [4.78, 5) is 63.7. The molecular formula is C22H38N4O7. The van der Waals surface area contributed by atoms with E-state index in [-0.39, 0.29) is 0 Å². The van der Waals surface area contributed by atoms with Gasteiger partial charge >= 0.3 is 12.1 Å². The lowest BCUT2D eigenvalue weighted by atomic mass is 10.0. The second kappa shape index (κ2) is 10.4. The van der Waals surface area contributed by atoms with Crippen LogP contribution in [0.5, 0.6) is 0 Å². The number of hydrogen-bond donors (Lipinski definition) is 3. The van der Waals surface area contributed by atoms with Crippen LogP contribution in [0.3, 0.4) is 0 Å². The van der Waals surface area contributed by atoms with Crippen molar-refractivity contribution in [2.24, 2.45) is 0 Å². The van der Waals surface area contributed by atoms with Gasteiger partial charge in [0.05, 0.1) is 7.11 Å². The molecule has 1 fully saturated rings. The maximum Gasteiger partial charge on any atom is 0.410 e. The Morgan fingerprint density at radius 3 is 2.03 bits per heavy atom. The molecule has 1 saturated heterocycles. The average molecular weight is 471 g/mol. The van der Waals surface area contributed by atoms with E-state index in [2.05, 4.69) is 20.7 Å². The zero-order chi connectivity index (χ0) is 25.8. The summed E-state index contributed by atoms with van der Waals surface area (Å²) < 4.78 is 10.0. The van der Waals surface area contributed by atoms with Gasteiger partial charge in [0.2, 0.25) is 17.7 Å². The molecule has 0 radical (unpaired) electrons. The number of carbonyl (C=O) groups is 5. The summed E-state index contributed by atoms with van der Waals surface area (Å²) in [5.74, 6) is -2.31. The largest absolute Gasteiger partial charge is 0.467 e. The fourth-order valence-electron chi connectivity index (χ4n) is 3.19. The first-order valence-corrected chi connectivity index (χ1v) is 10.9. The van der Waals surface area contributed by atoms with Crippen molar-refractivity contribution in [1.29, 1.82) is 0 Å². The molecule has 1 heterocycles. The molecule has 33 heavy (non-hydrogen) atoms. The molecule has 1 aliphatic heterocycles. The second-order valence-corrected chi connectivity index (χ2v) is 10.2. The molecule has 2 atom stereocenters. The summed E-state index contributed by atoms with van der Waals surface area (Å²) >= 11 is 0. The number of amides is 4. The van der Waals surface area contributed by atoms with Gasteiger partial charge in [-0.2, -0.15) is 0 Å². The van der Waals surface area contributed by atoms with Gasteiger partial charge < -0.3 is 25.4 Å². The molecule has 1 rings (SSSR count). The summed E-state index contributed by atoms with van der Waals surface area (Å²) in [7, 11) is 1.21. The van der Waals surface area contributed by atoms with Gasteiger partial charge in [-0.25, -0.2) is 9.59 Å². The summed E-state index contributed by atoms with van der Waals surface area (Å²) in [6.45, 7) is 13.0. The monoisotopic (exact) mass is 470 g/mol. The van der Waals surface area contributed by atoms with Crippen molar-refractivity contribution in [3.05, 3.63) is 0 Å². The van der Waals surface area contributed by atoms with Crippen molar-refractivity contribution in [3.8, 4) is 0 Å². The Balaban J connectivity index is 2.77. The SMILES string of the molecule is COC(=O)C(C)(C)NC(=O)C(C)NC(=O)C(C)(C)NC(=O)C1CCCN1C(=O)OC(C)(C)C. The minimum absolute atomic E-state index is 0.382. The van der Waals surface area contributed by atoms with Crippen LogP contribution in [0.1, 0.15) is 68.2 Å². The van der Waals surface area contributed by atoms with Crippen molar-refractivity contribution < 1.29 is 33.4 Å². The first kappa shape index (κ1) is 28.2. The summed E-state index contributed by atoms with van der Waals surface area (Å²) in [6.07, 6.45) is 0.502. The summed E-state index contributed by atoms with van der Waals surface area (Å²) in [5.41, 5.74) is -3.34. The Morgan fingerprint density at radius 1 is 0.939 bits per heavy atom. The molecule has 0 saturated carbocycles. The van der Waals surface area contributed by atoms with E-state index in [1.807, 2.05) is 0 Å². The van der Waals surface area contributed by atoms with Gasteiger partial charge in [0.25, 0.3) is 0 Å². The predicted octanol–water partition coefficient (Wildman–Crippen LogP) is 0.853. The number of methoxy groups -OCH3 is 1. The van der Waals surface area contributed by atoms with E-state index in [0.29, 0.717) is 19.4 Å². The number of ether oxygens (including phenoxy) is 2. The lowest BCUT2D eigenvalue weighted by Gasteiger charge is -2.32. The zero-order valence-electron chi connectivity index (χ0n) is 21.1. The van der Waals surface area contributed by atoms with Gasteiger partial charge in [-0.3, -0.25) is 19.3 Å². The Hall–Kier alpha value is -2.85. The second-order valence-electron chi connectivity index (χ2n) is 10.2. The van der Waals surface area contributed by atoms with E-state index < -0.39 is 58.5 Å². The molecule has 2 unspecified atom stereocenters. The van der Waals surface area contributed by atoms with Crippen LogP contribution in [0.15, 0.2) is 0 Å². The third-order valence-electron chi connectivity index (χ3n) is 5.06. The van der Waals surface area contributed by atoms with E-state index in [1.54, 1.807) is 20.8 Å². The molecule has 3 N–H and O–H groups in total. The lowest BCUT2D eigenvalue weighted by molar-refractivity contribution is -0.149. The average Bonchev–Trinajstić information content (AvgIpc) is 3.15. The number of hydrogen-bond acceptors (Lipinski definition) is 7. The molecule has 0 aromatic rings. The lowest BCUT2D eigenvalue weighted by Crippen LogP contribution is -2.62. The first-order chi connectivity index (χ1) is 14.9. The van der Waals surface area contributed by atoms with Crippen molar-refractivity contribution in [1.82, 2.24) is 20.9 Å². The summed E-state index contributed by atoms with van der Waals surface area (Å²) in [5, 5.41) is 7.71. The van der Waals surface area contributed by atoms with Crippen LogP contribution in [0.25, 0.3) is 0 Å². The van der Waals surface area contributed by atoms with E-state index in [9.17, 15) is 24.0 Å². The molecule has 0 spiro atoms. The van der Waals surface area contributed by atoms with E-state index in [4.69, 9.17) is 4.74 Å². The molecule has 11 heteroatoms. The zero-order valence-corrected chi connectivity index (χ0v) is 21.1. The van der Waals surface area contributed by atoms with Crippen LogP contribution in [-0.2, 0) is 28.7 Å². The Morgan fingerprint density at radius 2 is 1.52 bits per heavy atom. The maximum atomic E-state index is 12.9. The smallest absolute Gasteiger partial charge is 0.410 e. The third kappa shape index (κ3) is 7.90. The highest BCUT2D eigenvalue weighted by atomic mass is 16.6. The maximum absolute atomic E-state index is 12.9. The number of esters is 1. The van der Waals surface area contributed by atoms with Crippen LogP contribution in [0.2, 0.25) is 0 Å². The van der Waals surface area contributed by atoms with Crippen molar-refractivity contribution in [2.75, 3.05) is 13.7 Å². The van der Waals surface area contributed by atoms with Gasteiger partial charge in [-0.15, -0.1) is 0 Å². The number of rotatable bonds is 7. The van der Waals surface area contributed by atoms with Gasteiger partial charge in [-0.1, -0.05) is 0 Å². The highest BCUT2D eigenvalue weighted by molar-refractivity contribution is 5.97. The van der Waals surface area contributed by atoms with Crippen molar-refractivity contribution in [2.45, 2.75) is 97.0 Å². The fraction of sp³-hybridized carbons (Fsp3) is 0.773. The van der Waals surface area contributed by atoms with Gasteiger partial charge in [0.1, 0.15) is 28.8 Å². The molecule has 0 aromatic carbocycles. The third-order valence-corrected chi connectivity index (χ3v) is 5.06. The van der Waals surface area contributed by atoms with Crippen LogP contribution >= 0.6 is 0 Å². The van der Waals surface area contributed by atoms with E-state index in [1.165, 1.54) is 46.6 Å². The molecule has 0 aliphatic carbocycles. The quantitative estimate of drug-likeness (QED) is 0.468. The van der Waals surface area contributed by atoms with Crippen molar-refractivity contribution in [3.63, 3.8) is 0 Å². The van der Waals surface area contributed by atoms with Crippen molar-refractivity contribution >= 4 is 29.8 Å². The highest BCUT2D eigenvalue weighted by Crippen LogP contribution is 2.22. The standard InChI is InChI=1S/C22H38N4O7/c1-13(15(27)24-22(7,8)18(30)32-9)23-17(29)21(5,6)25-16(28)14-11-10-12-26(14)19(31)33-20(2,3)4/h13-14H,10-12H2,1-9H3,(H,23,29)(H,24,27)(H,25,28). The van der Waals surface area contributed by atoms with E-state index in [0.717, 1.165) is 0 Å². The highest BCUT2D eigenvalue weighted by Gasteiger charge is 2.40. The van der Waals surface area contributed by atoms with Crippen LogP contribution in [0, 0.1) is 0 Å². The Bertz CT molecular complexity index is 786. The van der Waals surface area contributed by atoms with Crippen LogP contribution in [0.4, 0.5) is 4.79 Å². The Kier molecular flexibility index (Phi) is 8.87. The first-order valence-electron chi connectivity index (χ1n) is 10.9. The molecule has 11 nitrogen and oxygen atoms in total. The predicted molar refractivity (Wildman–Crippen MR) is 120 cm³/mol. The number of carbonyl (C=O) groups excluding carboxylic acids is 5. The number of nitrogens with zero attached hydrogens (tertiary/aromatic N) is 1. The minimum Gasteiger partial charge on any atom is -0.467 e. The van der Waals surface area contributed by atoms with Gasteiger partial charge in [0, 0.05) is 6.54 Å². The van der Waals surface area contributed by atoms with Gasteiger partial charge in [0.15, 0.2) is 0 Å². The molecule has 4 amide bonds. The Labute approximate surface area is 195 Å². The van der Waals surface area contributed by atoms with Gasteiger partial charge in [-0.05, 0) is 68.2 Å². The number of nitrogens with one attached hydrogen (secondary N) is 3. The minimum atomic E-state index is -1.37. The topological polar surface area (TPSA) is 143 Å². The summed E-state index contributed by atoms with van der Waals surface area (Å²) in [6, 6.07) is -1.74. The fourth-order valence-corrected chi connectivity index (χ4v) is 3.19. The van der Waals surface area contributed by atoms with Crippen LogP contribution < -0.4 is 16.0 Å². The molecule has 188 valence electrons. The molecule has 1 aliphatic rings. The van der Waals surface area contributed by atoms with E-state index >= 15 is 0 Å².